The molecule has 35 heavy (non-hydrogen) atoms. The van der Waals surface area contributed by atoms with Crippen LogP contribution in [0.3, 0.4) is 0 Å². The van der Waals surface area contributed by atoms with Gasteiger partial charge in [0.1, 0.15) is 0 Å². The third kappa shape index (κ3) is 6.34. The maximum absolute atomic E-state index is 11.5. The first-order valence-corrected chi connectivity index (χ1v) is 13.6. The first kappa shape index (κ1) is 27.4. The number of hydrogen-bond donors (Lipinski definition) is 5. The summed E-state index contributed by atoms with van der Waals surface area (Å²) in [5, 5.41) is 13.8. The van der Waals surface area contributed by atoms with E-state index in [-0.39, 0.29) is 24.5 Å². The SMILES string of the molecule is CC(C)C(COC(O)([PH+]=O)P(=O)(O)O)Nc1nc(Nc2cccc(Cl)c2)c2ncn(C(C)C)c2n1. The minimum atomic E-state index is -5.21. The molecular formula is C20H28ClN6O6P2+. The van der Waals surface area contributed by atoms with Crippen molar-refractivity contribution in [2.24, 2.45) is 5.92 Å². The van der Waals surface area contributed by atoms with Gasteiger partial charge in [-0.25, -0.2) is 9.55 Å². The Labute approximate surface area is 208 Å². The second kappa shape index (κ2) is 10.8. The van der Waals surface area contributed by atoms with Crippen molar-refractivity contribution >= 4 is 56.3 Å². The van der Waals surface area contributed by atoms with Crippen LogP contribution in [0, 0.1) is 5.92 Å². The van der Waals surface area contributed by atoms with Crippen LogP contribution in [-0.2, 0) is 13.9 Å². The molecule has 0 amide bonds. The number of aromatic nitrogens is 4. The van der Waals surface area contributed by atoms with Gasteiger partial charge in [-0.3, -0.25) is 4.74 Å². The highest BCUT2D eigenvalue weighted by molar-refractivity contribution is 7.62. The summed E-state index contributed by atoms with van der Waals surface area (Å²) in [5.74, 6) is 0.455. The molecule has 3 unspecified atom stereocenters. The fourth-order valence-corrected chi connectivity index (χ4v) is 4.15. The third-order valence-electron chi connectivity index (χ3n) is 5.18. The molecule has 1 aromatic carbocycles. The standard InChI is InChI=1S/C20H27ClN6O6P2/c1-11(2)15(9-33-20(28,34-29)35(30,31)32)24-19-25-17(23-14-7-5-6-13(21)8-14)16-18(26-19)27(10-22-16)12(3)4/h5-8,10-12,15,28H,9H2,1-4H3,(H2,30,31,32)(H2,23,24,25,26)/p+1. The zero-order chi connectivity index (χ0) is 26.0. The lowest BCUT2D eigenvalue weighted by atomic mass is 10.1. The second-order valence-electron chi connectivity index (χ2n) is 8.51. The molecule has 12 nitrogen and oxygen atoms in total. The Hall–Kier alpha value is -2.17. The van der Waals surface area contributed by atoms with E-state index in [0.717, 1.165) is 0 Å². The van der Waals surface area contributed by atoms with Crippen molar-refractivity contribution in [3.63, 3.8) is 0 Å². The van der Waals surface area contributed by atoms with Gasteiger partial charge >= 0.3 is 21.3 Å². The first-order chi connectivity index (χ1) is 16.3. The molecule has 0 fully saturated rings. The van der Waals surface area contributed by atoms with Crippen molar-refractivity contribution < 1.29 is 28.8 Å². The van der Waals surface area contributed by atoms with Gasteiger partial charge in [-0.1, -0.05) is 36.1 Å². The molecule has 0 aliphatic rings. The Kier molecular flexibility index (Phi) is 8.49. The molecule has 190 valence electrons. The third-order valence-corrected chi connectivity index (χ3v) is 7.89. The molecule has 0 aliphatic heterocycles. The summed E-state index contributed by atoms with van der Waals surface area (Å²) in [6.45, 7) is 7.25. The van der Waals surface area contributed by atoms with E-state index in [1.807, 2.05) is 38.3 Å². The Balaban J connectivity index is 1.97. The predicted molar refractivity (Wildman–Crippen MR) is 135 cm³/mol. The van der Waals surface area contributed by atoms with E-state index >= 15 is 0 Å². The van der Waals surface area contributed by atoms with Gasteiger partial charge in [-0.15, -0.1) is 0 Å². The van der Waals surface area contributed by atoms with E-state index in [9.17, 15) is 24.0 Å². The van der Waals surface area contributed by atoms with E-state index < -0.39 is 27.4 Å². The fraction of sp³-hybridized carbons (Fsp3) is 0.450. The molecule has 3 atom stereocenters. The fourth-order valence-electron chi connectivity index (χ4n) is 3.09. The van der Waals surface area contributed by atoms with E-state index in [1.54, 1.807) is 24.5 Å². The lowest BCUT2D eigenvalue weighted by molar-refractivity contribution is -0.0925. The smallest absolute Gasteiger partial charge is 0.349 e. The zero-order valence-electron chi connectivity index (χ0n) is 19.5. The first-order valence-electron chi connectivity index (χ1n) is 10.7. The number of benzene rings is 1. The minimum absolute atomic E-state index is 0.0577. The minimum Gasteiger partial charge on any atom is -0.349 e. The van der Waals surface area contributed by atoms with Gasteiger partial charge in [-0.05, 0) is 38.0 Å². The number of anilines is 3. The highest BCUT2D eigenvalue weighted by Crippen LogP contribution is 2.55. The van der Waals surface area contributed by atoms with Gasteiger partial charge in [0, 0.05) is 16.8 Å². The molecule has 0 bridgehead atoms. The number of aliphatic hydroxyl groups is 1. The van der Waals surface area contributed by atoms with E-state index in [1.165, 1.54) is 0 Å². The lowest BCUT2D eigenvalue weighted by Gasteiger charge is -2.25. The van der Waals surface area contributed by atoms with E-state index in [2.05, 4.69) is 25.6 Å². The molecule has 0 saturated carbocycles. The quantitative estimate of drug-likeness (QED) is 0.174. The normalized spacial score (nSPS) is 15.0. The molecule has 15 heteroatoms. The molecule has 0 spiro atoms. The van der Waals surface area contributed by atoms with Crippen LogP contribution in [0.5, 0.6) is 0 Å². The molecule has 0 saturated heterocycles. The number of fused-ring (bicyclic) bond motifs is 1. The number of hydrogen-bond acceptors (Lipinski definition) is 9. The van der Waals surface area contributed by atoms with Crippen molar-refractivity contribution in [3.05, 3.63) is 35.6 Å². The van der Waals surface area contributed by atoms with Crippen LogP contribution >= 0.6 is 27.7 Å². The topological polar surface area (TPSA) is 172 Å². The number of halogens is 1. The number of nitrogens with zero attached hydrogens (tertiary/aromatic N) is 4. The molecule has 2 heterocycles. The van der Waals surface area contributed by atoms with Crippen molar-refractivity contribution in [1.82, 2.24) is 19.5 Å². The van der Waals surface area contributed by atoms with Gasteiger partial charge in [0.25, 0.3) is 0 Å². The number of rotatable bonds is 11. The number of ether oxygens (including phenoxy) is 1. The monoisotopic (exact) mass is 545 g/mol. The van der Waals surface area contributed by atoms with Crippen molar-refractivity contribution in [1.29, 1.82) is 0 Å². The van der Waals surface area contributed by atoms with E-state index in [4.69, 9.17) is 16.3 Å². The number of nitrogens with one attached hydrogen (secondary N) is 2. The van der Waals surface area contributed by atoms with Crippen LogP contribution in [0.2, 0.25) is 5.02 Å². The second-order valence-corrected chi connectivity index (χ2v) is 11.9. The highest BCUT2D eigenvalue weighted by Gasteiger charge is 2.57. The maximum Gasteiger partial charge on any atom is 0.471 e. The lowest BCUT2D eigenvalue weighted by Crippen LogP contribution is -2.36. The van der Waals surface area contributed by atoms with Gasteiger partial charge in [-0.2, -0.15) is 9.97 Å². The van der Waals surface area contributed by atoms with Crippen LogP contribution < -0.4 is 10.6 Å². The number of imidazole rings is 1. The summed E-state index contributed by atoms with van der Waals surface area (Å²) in [5.41, 5.74) is 1.78. The van der Waals surface area contributed by atoms with Crippen molar-refractivity contribution in [2.75, 3.05) is 17.2 Å². The summed E-state index contributed by atoms with van der Waals surface area (Å²) in [4.78, 5) is 32.2. The molecule has 2 aromatic heterocycles. The summed E-state index contributed by atoms with van der Waals surface area (Å²) >= 11 is 6.11. The Morgan fingerprint density at radius 1 is 1.26 bits per heavy atom. The Morgan fingerprint density at radius 3 is 2.54 bits per heavy atom. The molecule has 3 aromatic rings. The van der Waals surface area contributed by atoms with E-state index in [0.29, 0.717) is 27.7 Å². The van der Waals surface area contributed by atoms with Crippen LogP contribution in [-0.4, -0.2) is 52.3 Å². The molecule has 5 N–H and O–H groups in total. The van der Waals surface area contributed by atoms with Gasteiger partial charge in [0.15, 0.2) is 17.0 Å². The molecule has 0 radical (unpaired) electrons. The van der Waals surface area contributed by atoms with Crippen LogP contribution in [0.15, 0.2) is 30.6 Å². The Bertz CT molecular complexity index is 1250. The molecule has 3 rings (SSSR count). The summed E-state index contributed by atoms with van der Waals surface area (Å²) < 4.78 is 29.7. The highest BCUT2D eigenvalue weighted by atomic mass is 35.5. The van der Waals surface area contributed by atoms with Crippen molar-refractivity contribution in [2.45, 2.75) is 45.0 Å². The van der Waals surface area contributed by atoms with Crippen LogP contribution in [0.25, 0.3) is 11.2 Å². The average molecular weight is 546 g/mol. The van der Waals surface area contributed by atoms with Crippen molar-refractivity contribution in [3.8, 4) is 0 Å². The maximum atomic E-state index is 11.5. The average Bonchev–Trinajstić information content (AvgIpc) is 3.20. The summed E-state index contributed by atoms with van der Waals surface area (Å²) in [6, 6.07) is 6.55. The van der Waals surface area contributed by atoms with Crippen LogP contribution in [0.4, 0.5) is 17.5 Å². The predicted octanol–water partition coefficient (Wildman–Crippen LogP) is 4.06. The van der Waals surface area contributed by atoms with Gasteiger partial charge < -0.3 is 30.1 Å². The summed E-state index contributed by atoms with van der Waals surface area (Å²) in [7, 11) is -7.00. The zero-order valence-corrected chi connectivity index (χ0v) is 22.2. The van der Waals surface area contributed by atoms with Crippen LogP contribution in [0.1, 0.15) is 33.7 Å². The summed E-state index contributed by atoms with van der Waals surface area (Å²) in [6.07, 6.45) is 1.66. The Morgan fingerprint density at radius 2 is 1.97 bits per heavy atom. The van der Waals surface area contributed by atoms with Gasteiger partial charge in [0.2, 0.25) is 5.95 Å². The molecular weight excluding hydrogens is 518 g/mol. The largest absolute Gasteiger partial charge is 0.471 e. The van der Waals surface area contributed by atoms with Gasteiger partial charge in [0.05, 0.1) is 19.0 Å². The molecule has 0 aliphatic carbocycles.